The molecule has 0 saturated carbocycles. The van der Waals surface area contributed by atoms with E-state index in [4.69, 9.17) is 10.9 Å². The smallest absolute Gasteiger partial charge is 0.188 e. The van der Waals surface area contributed by atoms with Crippen LogP contribution in [0.25, 0.3) is 0 Å². The van der Waals surface area contributed by atoms with E-state index in [1.54, 1.807) is 12.3 Å². The van der Waals surface area contributed by atoms with Crippen LogP contribution in [-0.4, -0.2) is 33.8 Å². The van der Waals surface area contributed by atoms with Crippen molar-refractivity contribution in [3.63, 3.8) is 0 Å². The summed E-state index contributed by atoms with van der Waals surface area (Å²) in [7, 11) is 0. The lowest BCUT2D eigenvalue weighted by molar-refractivity contribution is 0.210. The molecule has 1 atom stereocenters. The van der Waals surface area contributed by atoms with Gasteiger partial charge in [0.05, 0.1) is 6.61 Å². The Morgan fingerprint density at radius 2 is 2.28 bits per heavy atom. The maximum absolute atomic E-state index is 9.21. The molecule has 0 aliphatic carbocycles. The Kier molecular flexibility index (Phi) is 5.54. The van der Waals surface area contributed by atoms with Crippen molar-refractivity contribution in [1.82, 2.24) is 10.3 Å². The van der Waals surface area contributed by atoms with Gasteiger partial charge in [-0.3, -0.25) is 4.98 Å². The highest BCUT2D eigenvalue weighted by Gasteiger charge is 2.11. The Morgan fingerprint density at radius 3 is 2.83 bits per heavy atom. The number of amidine groups is 1. The summed E-state index contributed by atoms with van der Waals surface area (Å²) >= 11 is 0. The average molecular weight is 252 g/mol. The highest BCUT2D eigenvalue weighted by Crippen LogP contribution is 2.05. The van der Waals surface area contributed by atoms with Gasteiger partial charge in [-0.2, -0.15) is 0 Å². The lowest BCUT2D eigenvalue weighted by Crippen LogP contribution is -2.36. The molecule has 1 aromatic rings. The summed E-state index contributed by atoms with van der Waals surface area (Å²) in [6.45, 7) is 4.78. The Hall–Kier alpha value is -1.66. The number of oxime groups is 1. The van der Waals surface area contributed by atoms with E-state index in [0.29, 0.717) is 18.2 Å². The normalized spacial score (nSPS) is 13.9. The first-order valence-corrected chi connectivity index (χ1v) is 5.85. The Labute approximate surface area is 107 Å². The van der Waals surface area contributed by atoms with Crippen LogP contribution in [0.3, 0.4) is 0 Å². The van der Waals surface area contributed by atoms with Crippen LogP contribution in [-0.2, 0) is 6.54 Å². The molecule has 0 aliphatic rings. The van der Waals surface area contributed by atoms with Crippen molar-refractivity contribution in [2.75, 3.05) is 6.61 Å². The predicted octanol–water partition coefficient (Wildman–Crippen LogP) is 0.283. The van der Waals surface area contributed by atoms with Crippen molar-refractivity contribution in [3.05, 3.63) is 29.6 Å². The monoisotopic (exact) mass is 252 g/mol. The second kappa shape index (κ2) is 6.93. The molecule has 18 heavy (non-hydrogen) atoms. The van der Waals surface area contributed by atoms with Crippen LogP contribution in [0.2, 0.25) is 0 Å². The van der Waals surface area contributed by atoms with Gasteiger partial charge in [0.2, 0.25) is 0 Å². The van der Waals surface area contributed by atoms with Gasteiger partial charge in [0.1, 0.15) is 5.69 Å². The SMILES string of the molecule is CC(C)C(CO)NCc1ccnc(C(N)=NO)c1. The fraction of sp³-hybridized carbons (Fsp3) is 0.500. The number of nitrogens with two attached hydrogens (primary N) is 1. The van der Waals surface area contributed by atoms with E-state index >= 15 is 0 Å². The number of nitrogens with one attached hydrogen (secondary N) is 1. The van der Waals surface area contributed by atoms with Gasteiger partial charge in [0.15, 0.2) is 5.84 Å². The molecule has 0 spiro atoms. The molecular formula is C12H20N4O2. The van der Waals surface area contributed by atoms with Crippen molar-refractivity contribution in [2.45, 2.75) is 26.4 Å². The van der Waals surface area contributed by atoms with Crippen LogP contribution in [0.5, 0.6) is 0 Å². The first-order chi connectivity index (χ1) is 8.58. The van der Waals surface area contributed by atoms with Crippen LogP contribution in [0.4, 0.5) is 0 Å². The summed E-state index contributed by atoms with van der Waals surface area (Å²) in [5, 5.41) is 23.9. The topological polar surface area (TPSA) is 104 Å². The molecule has 1 aromatic heterocycles. The van der Waals surface area contributed by atoms with Crippen LogP contribution in [0.15, 0.2) is 23.5 Å². The molecule has 6 heteroatoms. The molecule has 1 heterocycles. The zero-order valence-electron chi connectivity index (χ0n) is 10.7. The van der Waals surface area contributed by atoms with E-state index < -0.39 is 0 Å². The first kappa shape index (κ1) is 14.4. The Balaban J connectivity index is 2.68. The summed E-state index contributed by atoms with van der Waals surface area (Å²) in [6.07, 6.45) is 1.60. The third-order valence-corrected chi connectivity index (χ3v) is 2.76. The summed E-state index contributed by atoms with van der Waals surface area (Å²) in [5.74, 6) is 0.333. The van der Waals surface area contributed by atoms with Gasteiger partial charge in [0.25, 0.3) is 0 Å². The van der Waals surface area contributed by atoms with Gasteiger partial charge < -0.3 is 21.4 Å². The molecule has 6 nitrogen and oxygen atoms in total. The lowest BCUT2D eigenvalue weighted by atomic mass is 10.1. The van der Waals surface area contributed by atoms with Gasteiger partial charge in [-0.05, 0) is 23.6 Å². The molecule has 0 radical (unpaired) electrons. The molecule has 0 amide bonds. The Morgan fingerprint density at radius 1 is 1.56 bits per heavy atom. The minimum absolute atomic E-state index is 0.0144. The predicted molar refractivity (Wildman–Crippen MR) is 69.3 cm³/mol. The molecule has 100 valence electrons. The number of hydrogen-bond acceptors (Lipinski definition) is 5. The minimum Gasteiger partial charge on any atom is -0.409 e. The second-order valence-electron chi connectivity index (χ2n) is 4.45. The first-order valence-electron chi connectivity index (χ1n) is 5.85. The molecule has 0 bridgehead atoms. The summed E-state index contributed by atoms with van der Waals surface area (Å²) < 4.78 is 0. The van der Waals surface area contributed by atoms with Crippen molar-refractivity contribution < 1.29 is 10.3 Å². The van der Waals surface area contributed by atoms with E-state index in [-0.39, 0.29) is 18.5 Å². The van der Waals surface area contributed by atoms with Crippen LogP contribution in [0.1, 0.15) is 25.1 Å². The van der Waals surface area contributed by atoms with Crippen LogP contribution in [0, 0.1) is 5.92 Å². The molecule has 1 rings (SSSR count). The summed E-state index contributed by atoms with van der Waals surface area (Å²) in [5.41, 5.74) is 6.87. The van der Waals surface area contributed by atoms with Gasteiger partial charge in [-0.25, -0.2) is 0 Å². The molecule has 1 unspecified atom stereocenters. The highest BCUT2D eigenvalue weighted by molar-refractivity contribution is 5.95. The number of nitrogens with zero attached hydrogens (tertiary/aromatic N) is 2. The number of aromatic nitrogens is 1. The number of hydrogen-bond donors (Lipinski definition) is 4. The van der Waals surface area contributed by atoms with E-state index in [1.807, 2.05) is 19.9 Å². The van der Waals surface area contributed by atoms with Gasteiger partial charge in [0, 0.05) is 18.8 Å². The molecule has 0 aliphatic heterocycles. The standard InChI is InChI=1S/C12H20N4O2/c1-8(2)11(7-17)15-6-9-3-4-14-10(5-9)12(13)16-18/h3-5,8,11,15,17-18H,6-7H2,1-2H3,(H2,13,16). The van der Waals surface area contributed by atoms with E-state index in [9.17, 15) is 5.11 Å². The summed E-state index contributed by atoms with van der Waals surface area (Å²) in [6, 6.07) is 3.64. The Bertz CT molecular complexity index is 407. The van der Waals surface area contributed by atoms with Crippen molar-refractivity contribution in [2.24, 2.45) is 16.8 Å². The third kappa shape index (κ3) is 3.97. The lowest BCUT2D eigenvalue weighted by Gasteiger charge is -2.20. The molecule has 5 N–H and O–H groups in total. The van der Waals surface area contributed by atoms with Gasteiger partial charge in [-0.1, -0.05) is 19.0 Å². The highest BCUT2D eigenvalue weighted by atomic mass is 16.4. The van der Waals surface area contributed by atoms with Crippen LogP contribution >= 0.6 is 0 Å². The average Bonchev–Trinajstić information content (AvgIpc) is 2.38. The molecule has 0 fully saturated rings. The molecule has 0 saturated heterocycles. The fourth-order valence-corrected chi connectivity index (χ4v) is 1.54. The molecule has 0 aromatic carbocycles. The van der Waals surface area contributed by atoms with Crippen LogP contribution < -0.4 is 11.1 Å². The fourth-order valence-electron chi connectivity index (χ4n) is 1.54. The number of rotatable bonds is 6. The zero-order valence-corrected chi connectivity index (χ0v) is 10.7. The molecular weight excluding hydrogens is 232 g/mol. The van der Waals surface area contributed by atoms with Gasteiger partial charge in [-0.15, -0.1) is 0 Å². The third-order valence-electron chi connectivity index (χ3n) is 2.76. The maximum Gasteiger partial charge on any atom is 0.188 e. The van der Waals surface area contributed by atoms with Crippen molar-refractivity contribution >= 4 is 5.84 Å². The largest absolute Gasteiger partial charge is 0.409 e. The van der Waals surface area contributed by atoms with Crippen molar-refractivity contribution in [3.8, 4) is 0 Å². The summed E-state index contributed by atoms with van der Waals surface area (Å²) in [4.78, 5) is 4.00. The minimum atomic E-state index is -0.0144. The quantitative estimate of drug-likeness (QED) is 0.252. The number of aliphatic hydroxyl groups excluding tert-OH is 1. The number of aliphatic hydroxyl groups is 1. The zero-order chi connectivity index (χ0) is 13.5. The number of pyridine rings is 1. The second-order valence-corrected chi connectivity index (χ2v) is 4.45. The van der Waals surface area contributed by atoms with E-state index in [2.05, 4.69) is 15.5 Å². The van der Waals surface area contributed by atoms with E-state index in [1.165, 1.54) is 0 Å². The van der Waals surface area contributed by atoms with E-state index in [0.717, 1.165) is 5.56 Å². The van der Waals surface area contributed by atoms with Gasteiger partial charge >= 0.3 is 0 Å². The maximum atomic E-state index is 9.21. The van der Waals surface area contributed by atoms with Crippen molar-refractivity contribution in [1.29, 1.82) is 0 Å².